The molecule has 1 aromatic carbocycles. The van der Waals surface area contributed by atoms with Crippen molar-refractivity contribution in [2.24, 2.45) is 0 Å². The number of nitriles is 1. The Morgan fingerprint density at radius 2 is 2.03 bits per heavy atom. The average molecular weight is 505 g/mol. The molecule has 3 heterocycles. The van der Waals surface area contributed by atoms with Crippen LogP contribution in [0, 0.1) is 32.1 Å². The summed E-state index contributed by atoms with van der Waals surface area (Å²) in [6, 6.07) is 10.5. The largest absolute Gasteiger partial charge is 0.495 e. The molecule has 2 N–H and O–H groups in total. The summed E-state index contributed by atoms with van der Waals surface area (Å²) in [4.78, 5) is 14.8. The van der Waals surface area contributed by atoms with E-state index in [2.05, 4.69) is 41.2 Å². The van der Waals surface area contributed by atoms with E-state index in [9.17, 15) is 10.1 Å². The number of ether oxygens (including phenoxy) is 1. The average Bonchev–Trinajstić information content (AvgIpc) is 3.46. The van der Waals surface area contributed by atoms with E-state index in [0.717, 1.165) is 63.8 Å². The van der Waals surface area contributed by atoms with Gasteiger partial charge in [0, 0.05) is 16.3 Å². The smallest absolute Gasteiger partial charge is 0.260 e. The van der Waals surface area contributed by atoms with Crippen molar-refractivity contribution in [3.8, 4) is 16.8 Å². The monoisotopic (exact) mass is 504 g/mol. The van der Waals surface area contributed by atoms with Gasteiger partial charge in [0.2, 0.25) is 0 Å². The highest BCUT2D eigenvalue weighted by atomic mass is 32.2. The summed E-state index contributed by atoms with van der Waals surface area (Å²) >= 11 is 3.20. The molecule has 1 amide bonds. The number of aryl methyl sites for hydroxylation is 3. The highest BCUT2D eigenvalue weighted by molar-refractivity contribution is 8.05. The highest BCUT2D eigenvalue weighted by Crippen LogP contribution is 2.39. The molecular formula is C27H28N4O2S2. The summed E-state index contributed by atoms with van der Waals surface area (Å²) < 4.78 is 7.64. The first-order valence-corrected chi connectivity index (χ1v) is 13.4. The second kappa shape index (κ2) is 9.48. The van der Waals surface area contributed by atoms with Crippen LogP contribution in [-0.4, -0.2) is 23.1 Å². The maximum atomic E-state index is 12.8. The fraction of sp³-hybridized carbons (Fsp3) is 0.333. The van der Waals surface area contributed by atoms with Gasteiger partial charge in [-0.2, -0.15) is 5.26 Å². The van der Waals surface area contributed by atoms with Crippen LogP contribution >= 0.6 is 23.1 Å². The quantitative estimate of drug-likeness (QED) is 0.428. The van der Waals surface area contributed by atoms with Gasteiger partial charge in [0.05, 0.1) is 23.3 Å². The lowest BCUT2D eigenvalue weighted by Gasteiger charge is -2.16. The van der Waals surface area contributed by atoms with Crippen molar-refractivity contribution in [3.05, 3.63) is 67.7 Å². The third-order valence-electron chi connectivity index (χ3n) is 6.60. The van der Waals surface area contributed by atoms with E-state index in [1.807, 2.05) is 31.2 Å². The van der Waals surface area contributed by atoms with Crippen molar-refractivity contribution in [1.82, 2.24) is 9.88 Å². The number of rotatable bonds is 5. The molecule has 1 saturated heterocycles. The maximum absolute atomic E-state index is 12.8. The van der Waals surface area contributed by atoms with Crippen LogP contribution in [0.4, 0.5) is 5.69 Å². The number of carbonyl (C=O) groups excluding carboxylic acids is 1. The second-order valence-electron chi connectivity index (χ2n) is 8.99. The lowest BCUT2D eigenvalue weighted by molar-refractivity contribution is -0.116. The van der Waals surface area contributed by atoms with Gasteiger partial charge in [0.25, 0.3) is 5.91 Å². The molecule has 0 spiro atoms. The zero-order chi connectivity index (χ0) is 24.7. The first-order valence-electron chi connectivity index (χ1n) is 11.7. The molecule has 0 bridgehead atoms. The van der Waals surface area contributed by atoms with E-state index in [-0.39, 0.29) is 11.4 Å². The van der Waals surface area contributed by atoms with Crippen LogP contribution in [0.15, 0.2) is 29.2 Å². The van der Waals surface area contributed by atoms with Crippen molar-refractivity contribution < 1.29 is 9.53 Å². The number of fused-ring (bicyclic) bond motifs is 1. The number of amides is 1. The summed E-state index contributed by atoms with van der Waals surface area (Å²) in [5, 5.41) is 17.3. The van der Waals surface area contributed by atoms with Crippen LogP contribution in [0.5, 0.6) is 5.75 Å². The van der Waals surface area contributed by atoms with Crippen LogP contribution < -0.4 is 15.4 Å². The molecule has 5 rings (SSSR count). The Bertz CT molecular complexity index is 1390. The van der Waals surface area contributed by atoms with E-state index in [1.54, 1.807) is 18.4 Å². The van der Waals surface area contributed by atoms with Crippen molar-refractivity contribution in [2.45, 2.75) is 52.0 Å². The molecule has 0 radical (unpaired) electrons. The normalized spacial score (nSPS) is 18.3. The number of thiophene rings is 1. The van der Waals surface area contributed by atoms with E-state index in [1.165, 1.54) is 28.6 Å². The van der Waals surface area contributed by atoms with Gasteiger partial charge in [-0.25, -0.2) is 0 Å². The van der Waals surface area contributed by atoms with Gasteiger partial charge in [0.15, 0.2) is 5.50 Å². The zero-order valence-electron chi connectivity index (χ0n) is 20.3. The van der Waals surface area contributed by atoms with Crippen LogP contribution in [-0.2, 0) is 17.6 Å². The topological polar surface area (TPSA) is 79.1 Å². The van der Waals surface area contributed by atoms with Crippen LogP contribution in [0.2, 0.25) is 0 Å². The molecule has 6 nitrogen and oxygen atoms in total. The SMILES string of the molecule is COc1ccc(C)cc1NC1NC(=O)/C(=C/c2cc(C)n(-c3sc4c(c3C#N)CCCC4)c2C)S1. The van der Waals surface area contributed by atoms with E-state index in [4.69, 9.17) is 4.74 Å². The number of nitrogens with zero attached hydrogens (tertiary/aromatic N) is 2. The number of anilines is 1. The molecule has 2 aromatic heterocycles. The number of hydrogen-bond donors (Lipinski definition) is 2. The fourth-order valence-electron chi connectivity index (χ4n) is 4.85. The van der Waals surface area contributed by atoms with E-state index < -0.39 is 0 Å². The molecule has 2 aliphatic rings. The summed E-state index contributed by atoms with van der Waals surface area (Å²) in [5.41, 5.74) is 6.80. The predicted octanol–water partition coefficient (Wildman–Crippen LogP) is 5.82. The van der Waals surface area contributed by atoms with Gasteiger partial charge in [-0.15, -0.1) is 11.3 Å². The van der Waals surface area contributed by atoms with Crippen molar-refractivity contribution in [1.29, 1.82) is 5.26 Å². The van der Waals surface area contributed by atoms with Gasteiger partial charge in [0.1, 0.15) is 16.8 Å². The Labute approximate surface area is 214 Å². The van der Waals surface area contributed by atoms with Gasteiger partial charge in [-0.3, -0.25) is 4.79 Å². The molecule has 1 aliphatic heterocycles. The van der Waals surface area contributed by atoms with Crippen LogP contribution in [0.3, 0.4) is 0 Å². The Morgan fingerprint density at radius 3 is 2.80 bits per heavy atom. The lowest BCUT2D eigenvalue weighted by atomic mass is 9.96. The summed E-state index contributed by atoms with van der Waals surface area (Å²) in [6.45, 7) is 6.14. The highest BCUT2D eigenvalue weighted by Gasteiger charge is 2.29. The molecule has 1 aliphatic carbocycles. The molecule has 8 heteroatoms. The maximum Gasteiger partial charge on any atom is 0.260 e. The molecule has 1 unspecified atom stereocenters. The molecule has 1 atom stereocenters. The standard InChI is InChI=1S/C27H28N4O2S2/c1-15-9-10-22(33-4)21(11-15)29-27-30-25(32)24(35-27)13-18-12-16(2)31(17(18)3)26-20(14-28)19-7-5-6-8-23(19)34-26/h9-13,27,29H,5-8H2,1-4H3,(H,30,32)/b24-13-. The fourth-order valence-corrected chi connectivity index (χ4v) is 7.27. The second-order valence-corrected chi connectivity index (χ2v) is 11.2. The Kier molecular flexibility index (Phi) is 6.39. The van der Waals surface area contributed by atoms with Crippen LogP contribution in [0.25, 0.3) is 11.1 Å². The summed E-state index contributed by atoms with van der Waals surface area (Å²) in [5.74, 6) is 0.631. The molecule has 1 fully saturated rings. The Morgan fingerprint density at radius 1 is 1.23 bits per heavy atom. The number of carbonyl (C=O) groups is 1. The number of hydrogen-bond acceptors (Lipinski definition) is 6. The van der Waals surface area contributed by atoms with E-state index >= 15 is 0 Å². The van der Waals surface area contributed by atoms with E-state index in [0.29, 0.717) is 4.91 Å². The minimum atomic E-state index is -0.290. The van der Waals surface area contributed by atoms with Crippen molar-refractivity contribution in [2.75, 3.05) is 12.4 Å². The van der Waals surface area contributed by atoms with Gasteiger partial charge in [-0.05, 0) is 87.4 Å². The van der Waals surface area contributed by atoms with Crippen molar-refractivity contribution >= 4 is 40.8 Å². The molecule has 35 heavy (non-hydrogen) atoms. The number of methoxy groups -OCH3 is 1. The summed E-state index contributed by atoms with van der Waals surface area (Å²) in [7, 11) is 1.64. The van der Waals surface area contributed by atoms with Gasteiger partial charge < -0.3 is 19.9 Å². The molecular weight excluding hydrogens is 476 g/mol. The Hall–Kier alpha value is -3.15. The molecule has 180 valence electrons. The lowest BCUT2D eigenvalue weighted by Crippen LogP contribution is -2.31. The predicted molar refractivity (Wildman–Crippen MR) is 143 cm³/mol. The van der Waals surface area contributed by atoms with Crippen LogP contribution in [0.1, 0.15) is 51.4 Å². The number of nitrogens with one attached hydrogen (secondary N) is 2. The minimum absolute atomic E-state index is 0.103. The summed E-state index contributed by atoms with van der Waals surface area (Å²) in [6.07, 6.45) is 6.33. The molecule has 3 aromatic rings. The Balaban J connectivity index is 1.43. The third kappa shape index (κ3) is 4.35. The third-order valence-corrected chi connectivity index (χ3v) is 8.90. The first-order chi connectivity index (χ1) is 16.9. The minimum Gasteiger partial charge on any atom is -0.495 e. The molecule has 0 saturated carbocycles. The van der Waals surface area contributed by atoms with Crippen molar-refractivity contribution in [3.63, 3.8) is 0 Å². The number of aromatic nitrogens is 1. The zero-order valence-corrected chi connectivity index (χ0v) is 22.0. The number of thioether (sulfide) groups is 1. The first kappa shape index (κ1) is 23.6. The number of benzene rings is 1. The van der Waals surface area contributed by atoms with Gasteiger partial charge >= 0.3 is 0 Å². The van der Waals surface area contributed by atoms with Gasteiger partial charge in [-0.1, -0.05) is 17.8 Å².